The van der Waals surface area contributed by atoms with Gasteiger partial charge in [-0.3, -0.25) is 0 Å². The van der Waals surface area contributed by atoms with E-state index >= 15 is 0 Å². The highest BCUT2D eigenvalue weighted by atomic mass is 35.5. The van der Waals surface area contributed by atoms with Gasteiger partial charge in [0.15, 0.2) is 0 Å². The van der Waals surface area contributed by atoms with Crippen molar-refractivity contribution in [3.8, 4) is 0 Å². The average Bonchev–Trinajstić information content (AvgIpc) is 2.38. The Hall–Kier alpha value is -1.65. The minimum Gasteiger partial charge on any atom is -0.384 e. The van der Waals surface area contributed by atoms with Crippen LogP contribution in [0, 0.1) is 6.92 Å². The Balaban J connectivity index is 2.07. The molecule has 2 rings (SSSR count). The number of aliphatic hydroxyl groups is 1. The third kappa shape index (κ3) is 3.66. The number of nitrogens with one attached hydrogen (secondary N) is 1. The summed E-state index contributed by atoms with van der Waals surface area (Å²) in [6.07, 6.45) is 3.45. The second-order valence-electron chi connectivity index (χ2n) is 4.72. The van der Waals surface area contributed by atoms with Gasteiger partial charge in [-0.15, -0.1) is 0 Å². The average molecular weight is 278 g/mol. The lowest BCUT2D eigenvalue weighted by Crippen LogP contribution is -2.31. The van der Waals surface area contributed by atoms with Gasteiger partial charge >= 0.3 is 0 Å². The van der Waals surface area contributed by atoms with Crippen molar-refractivity contribution in [2.24, 2.45) is 0 Å². The molecule has 0 aliphatic rings. The molecular formula is C14H16ClN3O. The molecule has 0 aliphatic carbocycles. The SMILES string of the molecule is Cc1cnc(NCC(C)(O)c2cccc(Cl)c2)nc1. The molecule has 2 aromatic rings. The molecule has 1 atom stereocenters. The van der Waals surface area contributed by atoms with Crippen LogP contribution in [0.5, 0.6) is 0 Å². The maximum atomic E-state index is 10.4. The number of anilines is 1. The summed E-state index contributed by atoms with van der Waals surface area (Å²) < 4.78 is 0. The van der Waals surface area contributed by atoms with Crippen LogP contribution in [-0.2, 0) is 5.60 Å². The van der Waals surface area contributed by atoms with Gasteiger partial charge in [0, 0.05) is 17.4 Å². The zero-order valence-corrected chi connectivity index (χ0v) is 11.6. The molecule has 100 valence electrons. The summed E-state index contributed by atoms with van der Waals surface area (Å²) in [6, 6.07) is 7.18. The lowest BCUT2D eigenvalue weighted by atomic mass is 9.96. The molecule has 0 amide bonds. The fraction of sp³-hybridized carbons (Fsp3) is 0.286. The standard InChI is InChI=1S/C14H16ClN3O/c1-10-7-16-13(17-8-10)18-9-14(2,19)11-4-3-5-12(15)6-11/h3-8,19H,9H2,1-2H3,(H,16,17,18). The number of hydrogen-bond acceptors (Lipinski definition) is 4. The van der Waals surface area contributed by atoms with Crippen molar-refractivity contribution in [1.29, 1.82) is 0 Å². The molecule has 5 heteroatoms. The Morgan fingerprint density at radius 2 is 2.00 bits per heavy atom. The molecule has 2 N–H and O–H groups in total. The van der Waals surface area contributed by atoms with Gasteiger partial charge in [0.1, 0.15) is 5.60 Å². The maximum Gasteiger partial charge on any atom is 0.222 e. The highest BCUT2D eigenvalue weighted by molar-refractivity contribution is 6.30. The fourth-order valence-corrected chi connectivity index (χ4v) is 1.85. The van der Waals surface area contributed by atoms with Gasteiger partial charge in [0.05, 0.1) is 6.54 Å². The lowest BCUT2D eigenvalue weighted by molar-refractivity contribution is 0.0713. The molecule has 1 unspecified atom stereocenters. The molecular weight excluding hydrogens is 262 g/mol. The number of halogens is 1. The second-order valence-corrected chi connectivity index (χ2v) is 5.16. The summed E-state index contributed by atoms with van der Waals surface area (Å²) in [6.45, 7) is 3.95. The third-order valence-electron chi connectivity index (χ3n) is 2.82. The molecule has 19 heavy (non-hydrogen) atoms. The van der Waals surface area contributed by atoms with Crippen molar-refractivity contribution in [1.82, 2.24) is 9.97 Å². The Labute approximate surface area is 117 Å². The summed E-state index contributed by atoms with van der Waals surface area (Å²) in [5.74, 6) is 0.493. The lowest BCUT2D eigenvalue weighted by Gasteiger charge is -2.24. The molecule has 0 radical (unpaired) electrons. The van der Waals surface area contributed by atoms with E-state index in [2.05, 4.69) is 15.3 Å². The van der Waals surface area contributed by atoms with Crippen molar-refractivity contribution in [3.63, 3.8) is 0 Å². The highest BCUT2D eigenvalue weighted by Gasteiger charge is 2.23. The first kappa shape index (κ1) is 13.8. The third-order valence-corrected chi connectivity index (χ3v) is 3.05. The van der Waals surface area contributed by atoms with Crippen LogP contribution in [-0.4, -0.2) is 21.6 Å². The Kier molecular flexibility index (Phi) is 4.02. The van der Waals surface area contributed by atoms with Gasteiger partial charge in [-0.2, -0.15) is 0 Å². The van der Waals surface area contributed by atoms with Gasteiger partial charge in [-0.25, -0.2) is 9.97 Å². The van der Waals surface area contributed by atoms with Crippen LogP contribution in [0.15, 0.2) is 36.7 Å². The predicted octanol–water partition coefficient (Wildman–Crippen LogP) is 2.76. The first-order valence-electron chi connectivity index (χ1n) is 5.98. The summed E-state index contributed by atoms with van der Waals surface area (Å²) in [5, 5.41) is 14.1. The number of rotatable bonds is 4. The molecule has 0 aliphatic heterocycles. The van der Waals surface area contributed by atoms with Gasteiger partial charge < -0.3 is 10.4 Å². The number of hydrogen-bond donors (Lipinski definition) is 2. The predicted molar refractivity (Wildman–Crippen MR) is 76.3 cm³/mol. The molecule has 0 saturated heterocycles. The summed E-state index contributed by atoms with van der Waals surface area (Å²) >= 11 is 5.93. The molecule has 1 heterocycles. The molecule has 0 spiro atoms. The molecule has 1 aromatic carbocycles. The topological polar surface area (TPSA) is 58.0 Å². The van der Waals surface area contributed by atoms with Gasteiger partial charge in [0.25, 0.3) is 0 Å². The molecule has 0 fully saturated rings. The number of aryl methyl sites for hydroxylation is 1. The molecule has 0 bridgehead atoms. The zero-order valence-electron chi connectivity index (χ0n) is 10.9. The van der Waals surface area contributed by atoms with E-state index in [1.807, 2.05) is 19.1 Å². The van der Waals surface area contributed by atoms with Crippen molar-refractivity contribution in [3.05, 3.63) is 52.8 Å². The van der Waals surface area contributed by atoms with Gasteiger partial charge in [0.2, 0.25) is 5.95 Å². The first-order valence-corrected chi connectivity index (χ1v) is 6.36. The van der Waals surface area contributed by atoms with E-state index in [1.54, 1.807) is 31.5 Å². The van der Waals surface area contributed by atoms with Gasteiger partial charge in [-0.05, 0) is 37.1 Å². The summed E-state index contributed by atoms with van der Waals surface area (Å²) in [7, 11) is 0. The minimum atomic E-state index is -1.04. The quantitative estimate of drug-likeness (QED) is 0.902. The van der Waals surface area contributed by atoms with E-state index < -0.39 is 5.60 Å². The first-order chi connectivity index (χ1) is 8.97. The van der Waals surface area contributed by atoms with Crippen molar-refractivity contribution < 1.29 is 5.11 Å². The largest absolute Gasteiger partial charge is 0.384 e. The van der Waals surface area contributed by atoms with E-state index in [1.165, 1.54) is 0 Å². The Morgan fingerprint density at radius 3 is 2.63 bits per heavy atom. The summed E-state index contributed by atoms with van der Waals surface area (Å²) in [4.78, 5) is 8.27. The second kappa shape index (κ2) is 5.55. The molecule has 1 aromatic heterocycles. The van der Waals surface area contributed by atoms with Crippen molar-refractivity contribution in [2.45, 2.75) is 19.4 Å². The minimum absolute atomic E-state index is 0.302. The van der Waals surface area contributed by atoms with Crippen LogP contribution >= 0.6 is 11.6 Å². The monoisotopic (exact) mass is 277 g/mol. The number of aromatic nitrogens is 2. The van der Waals surface area contributed by atoms with E-state index in [9.17, 15) is 5.11 Å². The van der Waals surface area contributed by atoms with Crippen LogP contribution in [0.2, 0.25) is 5.02 Å². The smallest absolute Gasteiger partial charge is 0.222 e. The van der Waals surface area contributed by atoms with Crippen LogP contribution < -0.4 is 5.32 Å². The van der Waals surface area contributed by atoms with Crippen molar-refractivity contribution >= 4 is 17.5 Å². The zero-order chi connectivity index (χ0) is 13.9. The number of nitrogens with zero attached hydrogens (tertiary/aromatic N) is 2. The van der Waals surface area contributed by atoms with Crippen molar-refractivity contribution in [2.75, 3.05) is 11.9 Å². The maximum absolute atomic E-state index is 10.4. The highest BCUT2D eigenvalue weighted by Crippen LogP contribution is 2.23. The van der Waals surface area contributed by atoms with E-state index in [4.69, 9.17) is 11.6 Å². The van der Waals surface area contributed by atoms with E-state index in [0.717, 1.165) is 11.1 Å². The fourth-order valence-electron chi connectivity index (χ4n) is 1.66. The summed E-state index contributed by atoms with van der Waals surface area (Å²) in [5.41, 5.74) is 0.700. The van der Waals surface area contributed by atoms with E-state index in [-0.39, 0.29) is 0 Å². The van der Waals surface area contributed by atoms with Crippen LogP contribution in [0.25, 0.3) is 0 Å². The Morgan fingerprint density at radius 1 is 1.32 bits per heavy atom. The number of benzene rings is 1. The van der Waals surface area contributed by atoms with Crippen LogP contribution in [0.4, 0.5) is 5.95 Å². The normalized spacial score (nSPS) is 13.9. The van der Waals surface area contributed by atoms with Crippen LogP contribution in [0.1, 0.15) is 18.1 Å². The molecule has 0 saturated carbocycles. The van der Waals surface area contributed by atoms with Crippen LogP contribution in [0.3, 0.4) is 0 Å². The van der Waals surface area contributed by atoms with Gasteiger partial charge in [-0.1, -0.05) is 23.7 Å². The van der Waals surface area contributed by atoms with E-state index in [0.29, 0.717) is 17.5 Å². The molecule has 4 nitrogen and oxygen atoms in total. The Bertz CT molecular complexity index is 555.